The minimum absolute atomic E-state index is 0.0328. The standard InChI is InChI=1S/C19H22N2O2/c1-19(11-22,14-8-9-14)21-18(23)20-16-10-7-13-6-5-12-3-2-4-15(16)17(12)13/h2-4,7,10,14,22H,5-6,8-9,11H2,1H3,(H2,20,21,23). The summed E-state index contributed by atoms with van der Waals surface area (Å²) in [5.74, 6) is 0.381. The van der Waals surface area contributed by atoms with Crippen LogP contribution in [-0.2, 0) is 12.8 Å². The van der Waals surface area contributed by atoms with Gasteiger partial charge in [-0.3, -0.25) is 0 Å². The van der Waals surface area contributed by atoms with Crippen molar-refractivity contribution in [3.8, 4) is 0 Å². The predicted molar refractivity (Wildman–Crippen MR) is 91.7 cm³/mol. The molecule has 4 rings (SSSR count). The van der Waals surface area contributed by atoms with Gasteiger partial charge in [-0.25, -0.2) is 4.79 Å². The fourth-order valence-corrected chi connectivity index (χ4v) is 3.76. The minimum atomic E-state index is -0.529. The first-order chi connectivity index (χ1) is 11.1. The van der Waals surface area contributed by atoms with Gasteiger partial charge in [-0.2, -0.15) is 0 Å². The van der Waals surface area contributed by atoms with Crippen LogP contribution in [0.3, 0.4) is 0 Å². The number of amides is 2. The Labute approximate surface area is 135 Å². The smallest absolute Gasteiger partial charge is 0.319 e. The number of urea groups is 1. The number of hydrogen-bond acceptors (Lipinski definition) is 2. The molecule has 0 radical (unpaired) electrons. The molecular weight excluding hydrogens is 288 g/mol. The lowest BCUT2D eigenvalue weighted by molar-refractivity contribution is 0.159. The topological polar surface area (TPSA) is 61.4 Å². The first-order valence-corrected chi connectivity index (χ1v) is 8.34. The normalized spacial score (nSPS) is 18.7. The monoisotopic (exact) mass is 310 g/mol. The number of aryl methyl sites for hydroxylation is 2. The second-order valence-corrected chi connectivity index (χ2v) is 7.04. The molecule has 4 heteroatoms. The maximum atomic E-state index is 12.4. The zero-order valence-corrected chi connectivity index (χ0v) is 13.4. The van der Waals surface area contributed by atoms with E-state index in [1.54, 1.807) is 0 Å². The zero-order valence-electron chi connectivity index (χ0n) is 13.4. The third kappa shape index (κ3) is 2.47. The number of aliphatic hydroxyl groups is 1. The number of rotatable bonds is 4. The van der Waals surface area contributed by atoms with Crippen LogP contribution in [0.5, 0.6) is 0 Å². The van der Waals surface area contributed by atoms with E-state index in [-0.39, 0.29) is 12.6 Å². The van der Waals surface area contributed by atoms with Gasteiger partial charge >= 0.3 is 6.03 Å². The average molecular weight is 310 g/mol. The molecule has 1 unspecified atom stereocenters. The molecule has 0 saturated heterocycles. The van der Waals surface area contributed by atoms with Crippen LogP contribution >= 0.6 is 0 Å². The quantitative estimate of drug-likeness (QED) is 0.812. The van der Waals surface area contributed by atoms with Crippen molar-refractivity contribution in [3.63, 3.8) is 0 Å². The van der Waals surface area contributed by atoms with E-state index in [2.05, 4.69) is 34.9 Å². The Hall–Kier alpha value is -2.07. The van der Waals surface area contributed by atoms with Gasteiger partial charge in [0, 0.05) is 5.39 Å². The molecule has 2 amide bonds. The van der Waals surface area contributed by atoms with E-state index in [1.807, 2.05) is 13.0 Å². The van der Waals surface area contributed by atoms with E-state index in [4.69, 9.17) is 0 Å². The highest BCUT2D eigenvalue weighted by molar-refractivity contribution is 6.04. The lowest BCUT2D eigenvalue weighted by atomic mass is 9.97. The van der Waals surface area contributed by atoms with Gasteiger partial charge in [-0.1, -0.05) is 24.3 Å². The molecule has 3 N–H and O–H groups in total. The molecule has 23 heavy (non-hydrogen) atoms. The van der Waals surface area contributed by atoms with Crippen LogP contribution < -0.4 is 10.6 Å². The zero-order chi connectivity index (χ0) is 16.0. The van der Waals surface area contributed by atoms with Crippen molar-refractivity contribution in [2.24, 2.45) is 5.92 Å². The van der Waals surface area contributed by atoms with Gasteiger partial charge in [0.2, 0.25) is 0 Å². The highest BCUT2D eigenvalue weighted by atomic mass is 16.3. The van der Waals surface area contributed by atoms with Crippen molar-refractivity contribution >= 4 is 22.5 Å². The SMILES string of the molecule is CC(CO)(NC(=O)Nc1ccc2c3c(cccc13)CC2)C1CC1. The first kappa shape index (κ1) is 14.5. The van der Waals surface area contributed by atoms with Crippen molar-refractivity contribution < 1.29 is 9.90 Å². The fraction of sp³-hybridized carbons (Fsp3) is 0.421. The van der Waals surface area contributed by atoms with E-state index in [0.29, 0.717) is 5.92 Å². The van der Waals surface area contributed by atoms with Crippen molar-refractivity contribution in [2.75, 3.05) is 11.9 Å². The number of nitrogens with one attached hydrogen (secondary N) is 2. The second kappa shape index (κ2) is 5.24. The van der Waals surface area contributed by atoms with E-state index in [9.17, 15) is 9.90 Å². The molecule has 0 spiro atoms. The Bertz CT molecular complexity index is 772. The summed E-state index contributed by atoms with van der Waals surface area (Å²) in [7, 11) is 0. The van der Waals surface area contributed by atoms with Gasteiger partial charge in [0.05, 0.1) is 17.8 Å². The average Bonchev–Trinajstić information content (AvgIpc) is 3.33. The fourth-order valence-electron chi connectivity index (χ4n) is 3.76. The van der Waals surface area contributed by atoms with Gasteiger partial charge in [0.15, 0.2) is 0 Å². The number of aliphatic hydroxyl groups excluding tert-OH is 1. The molecule has 4 nitrogen and oxygen atoms in total. The summed E-state index contributed by atoms with van der Waals surface area (Å²) in [5.41, 5.74) is 3.03. The molecule has 1 atom stereocenters. The van der Waals surface area contributed by atoms with Crippen LogP contribution in [0.15, 0.2) is 30.3 Å². The van der Waals surface area contributed by atoms with Crippen LogP contribution in [-0.4, -0.2) is 23.3 Å². The minimum Gasteiger partial charge on any atom is -0.394 e. The molecule has 2 aromatic rings. The lowest BCUT2D eigenvalue weighted by Crippen LogP contribution is -2.52. The molecule has 1 fully saturated rings. The van der Waals surface area contributed by atoms with Crippen LogP contribution in [0.4, 0.5) is 10.5 Å². The highest BCUT2D eigenvalue weighted by Crippen LogP contribution is 2.39. The van der Waals surface area contributed by atoms with E-state index < -0.39 is 5.54 Å². The number of carbonyl (C=O) groups is 1. The van der Waals surface area contributed by atoms with Crippen LogP contribution in [0.1, 0.15) is 30.9 Å². The molecule has 2 aliphatic carbocycles. The summed E-state index contributed by atoms with van der Waals surface area (Å²) in [6.45, 7) is 1.88. The van der Waals surface area contributed by atoms with Crippen molar-refractivity contribution in [2.45, 2.75) is 38.1 Å². The van der Waals surface area contributed by atoms with E-state index >= 15 is 0 Å². The van der Waals surface area contributed by atoms with Crippen LogP contribution in [0, 0.1) is 5.92 Å². The largest absolute Gasteiger partial charge is 0.394 e. The summed E-state index contributed by atoms with van der Waals surface area (Å²) < 4.78 is 0. The summed E-state index contributed by atoms with van der Waals surface area (Å²) in [6.07, 6.45) is 4.29. The first-order valence-electron chi connectivity index (χ1n) is 8.34. The maximum Gasteiger partial charge on any atom is 0.319 e. The third-order valence-electron chi connectivity index (χ3n) is 5.33. The number of anilines is 1. The Balaban J connectivity index is 1.60. The molecule has 120 valence electrons. The lowest BCUT2D eigenvalue weighted by Gasteiger charge is -2.29. The Morgan fingerprint density at radius 3 is 2.65 bits per heavy atom. The summed E-state index contributed by atoms with van der Waals surface area (Å²) in [6, 6.07) is 10.1. The van der Waals surface area contributed by atoms with Gasteiger partial charge < -0.3 is 15.7 Å². The van der Waals surface area contributed by atoms with Gasteiger partial charge in [-0.05, 0) is 61.1 Å². The van der Waals surface area contributed by atoms with Crippen LogP contribution in [0.2, 0.25) is 0 Å². The number of benzene rings is 2. The summed E-state index contributed by atoms with van der Waals surface area (Å²) in [5, 5.41) is 18.0. The van der Waals surface area contributed by atoms with Crippen LogP contribution in [0.25, 0.3) is 10.8 Å². The molecule has 0 aromatic heterocycles. The van der Waals surface area contributed by atoms with Gasteiger partial charge in [-0.15, -0.1) is 0 Å². The predicted octanol–water partition coefficient (Wildman–Crippen LogP) is 3.22. The maximum absolute atomic E-state index is 12.4. The van der Waals surface area contributed by atoms with Crippen molar-refractivity contribution in [1.29, 1.82) is 0 Å². The Kier molecular flexibility index (Phi) is 3.31. The number of carbonyl (C=O) groups excluding carboxylic acids is 1. The Morgan fingerprint density at radius 1 is 1.22 bits per heavy atom. The second-order valence-electron chi connectivity index (χ2n) is 7.04. The number of hydrogen-bond donors (Lipinski definition) is 3. The highest BCUT2D eigenvalue weighted by Gasteiger charge is 2.42. The van der Waals surface area contributed by atoms with E-state index in [1.165, 1.54) is 16.5 Å². The van der Waals surface area contributed by atoms with Crippen molar-refractivity contribution in [1.82, 2.24) is 5.32 Å². The molecule has 0 aliphatic heterocycles. The molecule has 0 bridgehead atoms. The Morgan fingerprint density at radius 2 is 1.96 bits per heavy atom. The van der Waals surface area contributed by atoms with Gasteiger partial charge in [0.1, 0.15) is 0 Å². The summed E-state index contributed by atoms with van der Waals surface area (Å²) in [4.78, 5) is 12.4. The molecular formula is C19H22N2O2. The third-order valence-corrected chi connectivity index (χ3v) is 5.33. The molecule has 2 aromatic carbocycles. The van der Waals surface area contributed by atoms with Gasteiger partial charge in [0.25, 0.3) is 0 Å². The molecule has 1 saturated carbocycles. The molecule has 2 aliphatic rings. The van der Waals surface area contributed by atoms with E-state index in [0.717, 1.165) is 36.8 Å². The van der Waals surface area contributed by atoms with Crippen molar-refractivity contribution in [3.05, 3.63) is 41.5 Å². The molecule has 0 heterocycles. The summed E-state index contributed by atoms with van der Waals surface area (Å²) >= 11 is 0.